The third-order valence-electron chi connectivity index (χ3n) is 5.67. The second kappa shape index (κ2) is 8.05. The van der Waals surface area contributed by atoms with E-state index in [1.807, 2.05) is 35.2 Å². The van der Waals surface area contributed by atoms with Crippen molar-refractivity contribution >= 4 is 23.5 Å². The number of carboxylic acids is 1. The molecule has 7 nitrogen and oxygen atoms in total. The average molecular weight is 393 g/mol. The van der Waals surface area contributed by atoms with E-state index < -0.39 is 12.0 Å². The van der Waals surface area contributed by atoms with Gasteiger partial charge in [-0.15, -0.1) is 0 Å². The molecule has 150 valence electrons. The number of imide groups is 1. The number of carbonyl (C=O) groups is 3. The van der Waals surface area contributed by atoms with Gasteiger partial charge in [0.05, 0.1) is 11.1 Å². The van der Waals surface area contributed by atoms with Crippen LogP contribution in [0.1, 0.15) is 27.1 Å². The summed E-state index contributed by atoms with van der Waals surface area (Å²) in [5.74, 6) is -1.61. The van der Waals surface area contributed by atoms with E-state index in [1.54, 1.807) is 24.3 Å². The first-order valence-corrected chi connectivity index (χ1v) is 9.78. The van der Waals surface area contributed by atoms with E-state index in [-0.39, 0.29) is 24.8 Å². The zero-order valence-electron chi connectivity index (χ0n) is 16.0. The first-order chi connectivity index (χ1) is 14.1. The molecular formula is C22H23N3O4. The molecule has 2 heterocycles. The number of benzene rings is 2. The van der Waals surface area contributed by atoms with Gasteiger partial charge in [0.2, 0.25) is 0 Å². The van der Waals surface area contributed by atoms with Gasteiger partial charge in [-0.1, -0.05) is 30.3 Å². The monoisotopic (exact) mass is 393 g/mol. The van der Waals surface area contributed by atoms with Gasteiger partial charge < -0.3 is 10.0 Å². The molecule has 1 atom stereocenters. The van der Waals surface area contributed by atoms with E-state index in [0.29, 0.717) is 24.2 Å². The van der Waals surface area contributed by atoms with Crippen LogP contribution >= 0.6 is 0 Å². The van der Waals surface area contributed by atoms with Crippen molar-refractivity contribution in [1.29, 1.82) is 0 Å². The number of piperazine rings is 1. The van der Waals surface area contributed by atoms with Crippen LogP contribution in [0.25, 0.3) is 0 Å². The van der Waals surface area contributed by atoms with Crippen LogP contribution in [0.4, 0.5) is 5.69 Å². The number of aliphatic carboxylic acids is 1. The van der Waals surface area contributed by atoms with Crippen LogP contribution in [0.5, 0.6) is 0 Å². The number of carbonyl (C=O) groups excluding carboxylic acids is 2. The average Bonchev–Trinajstić information content (AvgIpc) is 3.00. The normalized spacial score (nSPS) is 18.1. The molecule has 0 saturated carbocycles. The van der Waals surface area contributed by atoms with Gasteiger partial charge >= 0.3 is 5.97 Å². The molecule has 0 spiro atoms. The summed E-state index contributed by atoms with van der Waals surface area (Å²) in [6.07, 6.45) is 0.214. The lowest BCUT2D eigenvalue weighted by molar-refractivity contribution is -0.143. The van der Waals surface area contributed by atoms with Crippen molar-refractivity contribution in [2.75, 3.05) is 37.6 Å². The highest BCUT2D eigenvalue weighted by molar-refractivity contribution is 6.21. The highest BCUT2D eigenvalue weighted by Crippen LogP contribution is 2.24. The maximum Gasteiger partial charge on any atom is 0.320 e. The Kier molecular flexibility index (Phi) is 5.31. The Morgan fingerprint density at radius 3 is 1.97 bits per heavy atom. The molecular weight excluding hydrogens is 370 g/mol. The summed E-state index contributed by atoms with van der Waals surface area (Å²) in [7, 11) is 0. The van der Waals surface area contributed by atoms with Crippen LogP contribution in [0.2, 0.25) is 0 Å². The zero-order valence-corrected chi connectivity index (χ0v) is 16.0. The van der Waals surface area contributed by atoms with Crippen molar-refractivity contribution in [3.63, 3.8) is 0 Å². The van der Waals surface area contributed by atoms with E-state index in [9.17, 15) is 19.5 Å². The third kappa shape index (κ3) is 3.73. The number of anilines is 1. The molecule has 0 radical (unpaired) electrons. The van der Waals surface area contributed by atoms with E-state index in [1.165, 1.54) is 4.90 Å². The summed E-state index contributed by atoms with van der Waals surface area (Å²) in [5, 5.41) is 9.74. The van der Waals surface area contributed by atoms with Gasteiger partial charge in [-0.3, -0.25) is 24.2 Å². The lowest BCUT2D eigenvalue weighted by atomic mass is 10.1. The van der Waals surface area contributed by atoms with E-state index in [2.05, 4.69) is 4.90 Å². The van der Waals surface area contributed by atoms with Crippen LogP contribution in [-0.2, 0) is 4.79 Å². The molecule has 2 aliphatic heterocycles. The predicted molar refractivity (Wildman–Crippen MR) is 108 cm³/mol. The number of hydrogen-bond acceptors (Lipinski definition) is 5. The number of para-hydroxylation sites is 1. The molecule has 1 fully saturated rings. The molecule has 7 heteroatoms. The second-order valence-corrected chi connectivity index (χ2v) is 7.31. The van der Waals surface area contributed by atoms with Gasteiger partial charge in [0.1, 0.15) is 6.04 Å². The Hall–Kier alpha value is -3.19. The van der Waals surface area contributed by atoms with Crippen LogP contribution in [0.3, 0.4) is 0 Å². The Morgan fingerprint density at radius 1 is 0.862 bits per heavy atom. The Labute approximate surface area is 169 Å². The fraction of sp³-hybridized carbons (Fsp3) is 0.318. The molecule has 2 aromatic rings. The summed E-state index contributed by atoms with van der Waals surface area (Å²) >= 11 is 0. The molecule has 29 heavy (non-hydrogen) atoms. The number of fused-ring (bicyclic) bond motifs is 1. The fourth-order valence-electron chi connectivity index (χ4n) is 4.09. The van der Waals surface area contributed by atoms with Crippen molar-refractivity contribution in [2.24, 2.45) is 0 Å². The van der Waals surface area contributed by atoms with Gasteiger partial charge in [0, 0.05) is 38.4 Å². The van der Waals surface area contributed by atoms with E-state index in [0.717, 1.165) is 18.8 Å². The minimum atomic E-state index is -0.922. The zero-order chi connectivity index (χ0) is 20.4. The topological polar surface area (TPSA) is 81.2 Å². The quantitative estimate of drug-likeness (QED) is 0.756. The van der Waals surface area contributed by atoms with Crippen molar-refractivity contribution in [1.82, 2.24) is 9.80 Å². The third-order valence-corrected chi connectivity index (χ3v) is 5.67. The predicted octanol–water partition coefficient (Wildman–Crippen LogP) is 1.95. The molecule has 2 aromatic carbocycles. The Balaban J connectivity index is 1.38. The number of rotatable bonds is 6. The largest absolute Gasteiger partial charge is 0.480 e. The molecule has 1 N–H and O–H groups in total. The van der Waals surface area contributed by atoms with Crippen LogP contribution in [0.15, 0.2) is 54.6 Å². The summed E-state index contributed by atoms with van der Waals surface area (Å²) in [6, 6.07) is 16.0. The van der Waals surface area contributed by atoms with E-state index in [4.69, 9.17) is 0 Å². The number of carboxylic acid groups (broad SMARTS) is 1. The maximum atomic E-state index is 12.5. The number of hydrogen-bond donors (Lipinski definition) is 1. The van der Waals surface area contributed by atoms with Crippen LogP contribution in [-0.4, -0.2) is 71.5 Å². The van der Waals surface area contributed by atoms with E-state index >= 15 is 0 Å². The van der Waals surface area contributed by atoms with Crippen molar-refractivity contribution in [3.8, 4) is 0 Å². The molecule has 2 amide bonds. The lowest BCUT2D eigenvalue weighted by Crippen LogP contribution is -2.53. The van der Waals surface area contributed by atoms with Crippen molar-refractivity contribution in [2.45, 2.75) is 12.5 Å². The molecule has 1 saturated heterocycles. The van der Waals surface area contributed by atoms with Crippen molar-refractivity contribution < 1.29 is 19.5 Å². The number of amides is 2. The fourth-order valence-corrected chi connectivity index (χ4v) is 4.09. The first kappa shape index (κ1) is 19.1. The highest BCUT2D eigenvalue weighted by Gasteiger charge is 2.37. The maximum absolute atomic E-state index is 12.5. The molecule has 2 aliphatic rings. The lowest BCUT2D eigenvalue weighted by Gasteiger charge is -2.39. The standard InChI is InChI=1S/C22H23N3O4/c26-20-17-8-4-5-9-18(17)21(27)25(20)11-10-19(22(28)29)24-14-12-23(13-15-24)16-6-2-1-3-7-16/h1-9,19H,10-15H2,(H,28,29). The summed E-state index contributed by atoms with van der Waals surface area (Å²) in [4.78, 5) is 42.2. The molecule has 4 rings (SSSR count). The Bertz CT molecular complexity index is 888. The molecule has 0 bridgehead atoms. The number of nitrogens with zero attached hydrogens (tertiary/aromatic N) is 3. The summed E-state index contributed by atoms with van der Waals surface area (Å²) in [6.45, 7) is 2.81. The summed E-state index contributed by atoms with van der Waals surface area (Å²) in [5.41, 5.74) is 1.91. The van der Waals surface area contributed by atoms with Crippen LogP contribution < -0.4 is 4.90 Å². The highest BCUT2D eigenvalue weighted by atomic mass is 16.4. The van der Waals surface area contributed by atoms with Crippen molar-refractivity contribution in [3.05, 3.63) is 65.7 Å². The second-order valence-electron chi connectivity index (χ2n) is 7.31. The van der Waals surface area contributed by atoms with Gasteiger partial charge in [0.15, 0.2) is 0 Å². The molecule has 0 aromatic heterocycles. The van der Waals surface area contributed by atoms with Gasteiger partial charge in [-0.05, 0) is 30.7 Å². The molecule has 0 aliphatic carbocycles. The smallest absolute Gasteiger partial charge is 0.320 e. The minimum absolute atomic E-state index is 0.0994. The Morgan fingerprint density at radius 2 is 1.41 bits per heavy atom. The first-order valence-electron chi connectivity index (χ1n) is 9.78. The summed E-state index contributed by atoms with van der Waals surface area (Å²) < 4.78 is 0. The van der Waals surface area contributed by atoms with Crippen LogP contribution in [0, 0.1) is 0 Å². The van der Waals surface area contributed by atoms with Gasteiger partial charge in [-0.2, -0.15) is 0 Å². The molecule has 1 unspecified atom stereocenters. The SMILES string of the molecule is O=C(O)C(CCN1C(=O)c2ccccc2C1=O)N1CCN(c2ccccc2)CC1. The van der Waals surface area contributed by atoms with Gasteiger partial charge in [0.25, 0.3) is 11.8 Å². The van der Waals surface area contributed by atoms with Gasteiger partial charge in [-0.25, -0.2) is 0 Å². The minimum Gasteiger partial charge on any atom is -0.480 e.